The number of rotatable bonds is 3. The van der Waals surface area contributed by atoms with Crippen LogP contribution in [0.5, 0.6) is 0 Å². The molecule has 0 unspecified atom stereocenters. The van der Waals surface area contributed by atoms with Crippen molar-refractivity contribution in [3.8, 4) is 0 Å². The van der Waals surface area contributed by atoms with E-state index in [1.807, 2.05) is 11.0 Å². The fourth-order valence-electron chi connectivity index (χ4n) is 3.97. The summed E-state index contributed by atoms with van der Waals surface area (Å²) in [4.78, 5) is 26.5. The number of amides is 2. The Kier molecular flexibility index (Phi) is 5.79. The lowest BCUT2D eigenvalue weighted by Crippen LogP contribution is -2.54. The van der Waals surface area contributed by atoms with Crippen LogP contribution in [-0.2, 0) is 4.79 Å². The van der Waals surface area contributed by atoms with Gasteiger partial charge in [-0.15, -0.1) is 0 Å². The zero-order valence-electron chi connectivity index (χ0n) is 16.6. The Balaban J connectivity index is 1.58. The van der Waals surface area contributed by atoms with Gasteiger partial charge in [-0.2, -0.15) is 0 Å². The van der Waals surface area contributed by atoms with E-state index in [1.54, 1.807) is 24.3 Å². The molecule has 2 aliphatic rings. The maximum absolute atomic E-state index is 14.8. The van der Waals surface area contributed by atoms with E-state index in [1.165, 1.54) is 12.3 Å². The van der Waals surface area contributed by atoms with Crippen molar-refractivity contribution in [2.75, 3.05) is 23.3 Å². The highest BCUT2D eigenvalue weighted by atomic mass is 127. The molecule has 0 spiro atoms. The van der Waals surface area contributed by atoms with Crippen molar-refractivity contribution in [3.05, 3.63) is 63.1 Å². The molecule has 4 rings (SSSR count). The molecule has 1 fully saturated rings. The Bertz CT molecular complexity index is 1050. The topological polar surface area (TPSA) is 73.5 Å². The van der Waals surface area contributed by atoms with Gasteiger partial charge in [0.1, 0.15) is 5.82 Å². The first-order valence-corrected chi connectivity index (χ1v) is 10.8. The van der Waals surface area contributed by atoms with E-state index >= 15 is 0 Å². The van der Waals surface area contributed by atoms with Gasteiger partial charge in [0.2, 0.25) is 0 Å². The number of nitrogens with zero attached hydrogens (tertiary/aromatic N) is 1. The number of carbonyl (C=O) groups is 2. The smallest absolute Gasteiger partial charge is 0.260 e. The second-order valence-corrected chi connectivity index (χ2v) is 8.96. The van der Waals surface area contributed by atoms with Crippen LogP contribution in [0, 0.1) is 9.39 Å². The maximum Gasteiger partial charge on any atom is 0.260 e. The maximum atomic E-state index is 14.8. The molecule has 8 heteroatoms. The summed E-state index contributed by atoms with van der Waals surface area (Å²) in [6, 6.07) is 10.8. The second kappa shape index (κ2) is 8.35. The summed E-state index contributed by atoms with van der Waals surface area (Å²) in [7, 11) is 0. The molecular formula is C22H22FIN4O2. The average Bonchev–Trinajstić information content (AvgIpc) is 2.66. The van der Waals surface area contributed by atoms with E-state index in [0.717, 1.165) is 16.7 Å². The zero-order valence-corrected chi connectivity index (χ0v) is 18.8. The number of halogens is 2. The van der Waals surface area contributed by atoms with E-state index in [-0.39, 0.29) is 17.9 Å². The number of piperazine rings is 1. The molecule has 30 heavy (non-hydrogen) atoms. The normalized spacial score (nSPS) is 22.7. The highest BCUT2D eigenvalue weighted by Gasteiger charge is 2.27. The summed E-state index contributed by atoms with van der Waals surface area (Å²) >= 11 is 2.13. The number of anilines is 2. The first-order valence-electron chi connectivity index (χ1n) is 9.74. The number of benzene rings is 2. The van der Waals surface area contributed by atoms with Gasteiger partial charge in [0.15, 0.2) is 0 Å². The number of fused-ring (bicyclic) bond motifs is 1. The molecule has 2 aromatic rings. The third kappa shape index (κ3) is 4.20. The van der Waals surface area contributed by atoms with E-state index in [2.05, 4.69) is 52.4 Å². The molecule has 0 aromatic heterocycles. The highest BCUT2D eigenvalue weighted by Crippen LogP contribution is 2.28. The minimum Gasteiger partial charge on any atom is -0.366 e. The molecule has 0 aliphatic carbocycles. The van der Waals surface area contributed by atoms with E-state index in [9.17, 15) is 14.0 Å². The fraction of sp³-hybridized carbons (Fsp3) is 0.273. The fourth-order valence-corrected chi connectivity index (χ4v) is 4.46. The average molecular weight is 520 g/mol. The van der Waals surface area contributed by atoms with Crippen molar-refractivity contribution in [1.29, 1.82) is 0 Å². The first kappa shape index (κ1) is 20.8. The van der Waals surface area contributed by atoms with Gasteiger partial charge in [0.05, 0.1) is 11.3 Å². The van der Waals surface area contributed by atoms with Gasteiger partial charge in [-0.1, -0.05) is 0 Å². The number of hydrogen-bond donors (Lipinski definition) is 3. The number of nitrogens with one attached hydrogen (secondary N) is 3. The van der Waals surface area contributed by atoms with Crippen molar-refractivity contribution in [2.45, 2.75) is 25.9 Å². The molecule has 3 N–H and O–H groups in total. The van der Waals surface area contributed by atoms with Gasteiger partial charge < -0.3 is 15.5 Å². The standard InChI is InChI=1S/C22H22FIN4O2/c1-12-10-28(11-13(2)26-12)20-6-4-15(8-19(20)23)25-9-18-17-7-14(24)3-5-16(17)21(29)27-22(18)30/h3-9,12-13,25-26H,10-11H2,1-2H3,(H,27,29,30)/b18-9-/t12-,13+. The molecule has 2 atom stereocenters. The monoisotopic (exact) mass is 520 g/mol. The van der Waals surface area contributed by atoms with Crippen molar-refractivity contribution < 1.29 is 14.0 Å². The van der Waals surface area contributed by atoms with Gasteiger partial charge in [-0.3, -0.25) is 14.9 Å². The Morgan fingerprint density at radius 2 is 1.80 bits per heavy atom. The minimum atomic E-state index is -0.483. The van der Waals surface area contributed by atoms with Crippen LogP contribution in [0.25, 0.3) is 5.57 Å². The van der Waals surface area contributed by atoms with Crippen LogP contribution in [0.1, 0.15) is 29.8 Å². The Hall–Kier alpha value is -2.46. The Morgan fingerprint density at radius 1 is 1.07 bits per heavy atom. The number of hydrogen-bond acceptors (Lipinski definition) is 5. The van der Waals surface area contributed by atoms with E-state index in [4.69, 9.17) is 0 Å². The predicted molar refractivity (Wildman–Crippen MR) is 124 cm³/mol. The van der Waals surface area contributed by atoms with Crippen molar-refractivity contribution >= 4 is 51.4 Å². The summed E-state index contributed by atoms with van der Waals surface area (Å²) < 4.78 is 15.7. The van der Waals surface area contributed by atoms with Crippen molar-refractivity contribution in [3.63, 3.8) is 0 Å². The van der Waals surface area contributed by atoms with Crippen LogP contribution in [0.4, 0.5) is 15.8 Å². The predicted octanol–water partition coefficient (Wildman–Crippen LogP) is 3.34. The third-order valence-electron chi connectivity index (χ3n) is 5.22. The van der Waals surface area contributed by atoms with Gasteiger partial charge in [-0.25, -0.2) is 4.39 Å². The van der Waals surface area contributed by atoms with E-state index in [0.29, 0.717) is 28.1 Å². The summed E-state index contributed by atoms with van der Waals surface area (Å²) in [6.45, 7) is 5.65. The highest BCUT2D eigenvalue weighted by molar-refractivity contribution is 14.1. The van der Waals surface area contributed by atoms with Crippen molar-refractivity contribution in [2.24, 2.45) is 0 Å². The van der Waals surface area contributed by atoms with Gasteiger partial charge in [0.25, 0.3) is 11.8 Å². The quantitative estimate of drug-likeness (QED) is 0.329. The molecule has 1 saturated heterocycles. The third-order valence-corrected chi connectivity index (χ3v) is 5.89. The molecule has 0 radical (unpaired) electrons. The largest absolute Gasteiger partial charge is 0.366 e. The molecule has 2 aromatic carbocycles. The van der Waals surface area contributed by atoms with Gasteiger partial charge in [-0.05, 0) is 72.8 Å². The Morgan fingerprint density at radius 3 is 2.50 bits per heavy atom. The second-order valence-electron chi connectivity index (χ2n) is 7.72. The Labute approximate surface area is 188 Å². The summed E-state index contributed by atoms with van der Waals surface area (Å²) in [5.41, 5.74) is 2.42. The molecule has 2 amide bonds. The lowest BCUT2D eigenvalue weighted by atomic mass is 9.95. The summed E-state index contributed by atoms with van der Waals surface area (Å²) in [5, 5.41) is 8.78. The molecule has 6 nitrogen and oxygen atoms in total. The van der Waals surface area contributed by atoms with E-state index < -0.39 is 11.8 Å². The molecule has 156 valence electrons. The lowest BCUT2D eigenvalue weighted by Gasteiger charge is -2.37. The molecule has 0 bridgehead atoms. The molecule has 0 saturated carbocycles. The van der Waals surface area contributed by atoms with Crippen LogP contribution in [-0.4, -0.2) is 37.0 Å². The van der Waals surface area contributed by atoms with Crippen LogP contribution >= 0.6 is 22.6 Å². The first-order chi connectivity index (χ1) is 14.3. The van der Waals surface area contributed by atoms with Crippen LogP contribution in [0.3, 0.4) is 0 Å². The summed E-state index contributed by atoms with van der Waals surface area (Å²) in [6.07, 6.45) is 1.51. The van der Waals surface area contributed by atoms with Gasteiger partial charge >= 0.3 is 0 Å². The molecule has 2 aliphatic heterocycles. The molecular weight excluding hydrogens is 498 g/mol. The van der Waals surface area contributed by atoms with Crippen molar-refractivity contribution in [1.82, 2.24) is 10.6 Å². The zero-order chi connectivity index (χ0) is 21.4. The van der Waals surface area contributed by atoms with Gasteiger partial charge in [0, 0.05) is 51.8 Å². The summed E-state index contributed by atoms with van der Waals surface area (Å²) in [5.74, 6) is -1.22. The lowest BCUT2D eigenvalue weighted by molar-refractivity contribution is -0.114. The number of imide groups is 1. The van der Waals surface area contributed by atoms with Crippen LogP contribution < -0.4 is 20.9 Å². The SMILES string of the molecule is C[C@@H]1CN(c2ccc(N/C=C3\C(=O)NC(=O)c4ccc(I)cc43)cc2F)C[C@H](C)N1. The van der Waals surface area contributed by atoms with Crippen LogP contribution in [0.2, 0.25) is 0 Å². The number of carbonyl (C=O) groups excluding carboxylic acids is 2. The molecule has 2 heterocycles. The minimum absolute atomic E-state index is 0.283. The van der Waals surface area contributed by atoms with Crippen LogP contribution in [0.15, 0.2) is 42.6 Å².